The molecule has 0 aromatic rings. The normalized spacial score (nSPS) is 39.6. The molecule has 0 radical (unpaired) electrons. The van der Waals surface area contributed by atoms with Gasteiger partial charge in [0.15, 0.2) is 0 Å². The topological polar surface area (TPSA) is 41.1 Å². The summed E-state index contributed by atoms with van der Waals surface area (Å²) in [5.74, 6) is 0.112. The summed E-state index contributed by atoms with van der Waals surface area (Å²) in [6, 6.07) is 1.77. The van der Waals surface area contributed by atoms with Crippen LogP contribution in [0.4, 0.5) is 0 Å². The van der Waals surface area contributed by atoms with Gasteiger partial charge in [0, 0.05) is 25.0 Å². The van der Waals surface area contributed by atoms with Crippen LogP contribution in [0.25, 0.3) is 0 Å². The van der Waals surface area contributed by atoms with Gasteiger partial charge in [-0.1, -0.05) is 0 Å². The number of amides is 1. The first-order valence-corrected chi connectivity index (χ1v) is 4.77. The quantitative estimate of drug-likeness (QED) is 0.595. The van der Waals surface area contributed by atoms with Crippen molar-refractivity contribution in [1.29, 1.82) is 0 Å². The van der Waals surface area contributed by atoms with E-state index in [9.17, 15) is 4.79 Å². The van der Waals surface area contributed by atoms with Gasteiger partial charge < -0.3 is 10.6 Å². The summed E-state index contributed by atoms with van der Waals surface area (Å²) < 4.78 is 0. The van der Waals surface area contributed by atoms with E-state index in [2.05, 4.69) is 10.6 Å². The van der Waals surface area contributed by atoms with Gasteiger partial charge in [0.05, 0.1) is 0 Å². The second kappa shape index (κ2) is 3.05. The van der Waals surface area contributed by atoms with E-state index in [-0.39, 0.29) is 5.91 Å². The first-order valence-electron chi connectivity index (χ1n) is 4.77. The summed E-state index contributed by atoms with van der Waals surface area (Å²) in [6.07, 6.45) is 4.83. The Hall–Kier alpha value is -0.570. The fourth-order valence-corrected chi connectivity index (χ4v) is 2.46. The number of carbonyl (C=O) groups excluding carboxylic acids is 1. The molecule has 2 fully saturated rings. The van der Waals surface area contributed by atoms with Gasteiger partial charge in [-0.3, -0.25) is 4.79 Å². The van der Waals surface area contributed by atoms with Crippen molar-refractivity contribution in [1.82, 2.24) is 10.6 Å². The Morgan fingerprint density at radius 3 is 2.42 bits per heavy atom. The lowest BCUT2D eigenvalue weighted by molar-refractivity contribution is -0.119. The zero-order valence-electron chi connectivity index (χ0n) is 7.47. The highest BCUT2D eigenvalue weighted by Gasteiger charge is 2.33. The highest BCUT2D eigenvalue weighted by molar-refractivity contribution is 5.73. The zero-order chi connectivity index (χ0) is 8.55. The van der Waals surface area contributed by atoms with Crippen molar-refractivity contribution in [3.05, 3.63) is 0 Å². The van der Waals surface area contributed by atoms with Gasteiger partial charge >= 0.3 is 0 Å². The van der Waals surface area contributed by atoms with Crippen molar-refractivity contribution in [2.24, 2.45) is 0 Å². The van der Waals surface area contributed by atoms with Crippen LogP contribution in [-0.4, -0.2) is 24.0 Å². The van der Waals surface area contributed by atoms with Crippen LogP contribution in [0.15, 0.2) is 0 Å². The maximum Gasteiger partial charge on any atom is 0.217 e. The molecule has 0 aliphatic carbocycles. The Labute approximate surface area is 72.9 Å². The van der Waals surface area contributed by atoms with Crippen LogP contribution in [0.5, 0.6) is 0 Å². The van der Waals surface area contributed by atoms with Crippen LogP contribution < -0.4 is 10.6 Å². The summed E-state index contributed by atoms with van der Waals surface area (Å²) in [4.78, 5) is 10.8. The van der Waals surface area contributed by atoms with E-state index >= 15 is 0 Å². The lowest BCUT2D eigenvalue weighted by atomic mass is 10.00. The molecule has 2 aliphatic rings. The average Bonchev–Trinajstić information content (AvgIpc) is 2.29. The summed E-state index contributed by atoms with van der Waals surface area (Å²) in [6.45, 7) is 1.60. The Bertz CT molecular complexity index is 181. The largest absolute Gasteiger partial charge is 0.353 e. The summed E-state index contributed by atoms with van der Waals surface area (Å²) in [7, 11) is 0. The molecule has 0 saturated carbocycles. The molecule has 2 heterocycles. The summed E-state index contributed by atoms with van der Waals surface area (Å²) in [5.41, 5.74) is 0. The molecule has 3 nitrogen and oxygen atoms in total. The lowest BCUT2D eigenvalue weighted by Gasteiger charge is -2.29. The SMILES string of the molecule is CC(=O)NC1C[C@H]2CC[C@@H](C1)N2. The predicted octanol–water partition coefficient (Wildman–Crippen LogP) is 0.406. The molecule has 1 unspecified atom stereocenters. The molecule has 2 saturated heterocycles. The van der Waals surface area contributed by atoms with E-state index in [1.807, 2.05) is 0 Å². The van der Waals surface area contributed by atoms with Crippen LogP contribution in [0.2, 0.25) is 0 Å². The highest BCUT2D eigenvalue weighted by atomic mass is 16.1. The molecule has 3 heteroatoms. The second-order valence-electron chi connectivity index (χ2n) is 4.01. The third kappa shape index (κ3) is 1.61. The number of carbonyl (C=O) groups is 1. The van der Waals surface area contributed by atoms with E-state index in [0.29, 0.717) is 18.1 Å². The number of piperidine rings is 1. The molecule has 2 N–H and O–H groups in total. The smallest absolute Gasteiger partial charge is 0.217 e. The fraction of sp³-hybridized carbons (Fsp3) is 0.889. The van der Waals surface area contributed by atoms with Crippen molar-refractivity contribution < 1.29 is 4.79 Å². The number of fused-ring (bicyclic) bond motifs is 2. The van der Waals surface area contributed by atoms with Crippen LogP contribution in [0.1, 0.15) is 32.6 Å². The molecule has 2 aliphatic heterocycles. The number of rotatable bonds is 1. The van der Waals surface area contributed by atoms with Gasteiger partial charge in [-0.15, -0.1) is 0 Å². The van der Waals surface area contributed by atoms with E-state index in [1.165, 1.54) is 12.8 Å². The summed E-state index contributed by atoms with van der Waals surface area (Å²) in [5, 5.41) is 6.55. The third-order valence-corrected chi connectivity index (χ3v) is 2.88. The number of nitrogens with one attached hydrogen (secondary N) is 2. The minimum atomic E-state index is 0.112. The molecule has 0 spiro atoms. The van der Waals surface area contributed by atoms with Gasteiger partial charge in [-0.25, -0.2) is 0 Å². The Kier molecular flexibility index (Phi) is 2.05. The monoisotopic (exact) mass is 168 g/mol. The van der Waals surface area contributed by atoms with Crippen LogP contribution in [0.3, 0.4) is 0 Å². The van der Waals surface area contributed by atoms with Crippen LogP contribution in [-0.2, 0) is 4.79 Å². The van der Waals surface area contributed by atoms with Crippen LogP contribution >= 0.6 is 0 Å². The predicted molar refractivity (Wildman–Crippen MR) is 46.8 cm³/mol. The first kappa shape index (κ1) is 8.05. The minimum absolute atomic E-state index is 0.112. The van der Waals surface area contributed by atoms with E-state index in [4.69, 9.17) is 0 Å². The molecule has 2 bridgehead atoms. The first-order chi connectivity index (χ1) is 5.74. The summed E-state index contributed by atoms with van der Waals surface area (Å²) >= 11 is 0. The van der Waals surface area contributed by atoms with Crippen molar-refractivity contribution in [3.8, 4) is 0 Å². The number of hydrogen-bond donors (Lipinski definition) is 2. The van der Waals surface area contributed by atoms with Crippen molar-refractivity contribution in [2.75, 3.05) is 0 Å². The molecule has 0 aromatic heterocycles. The molecule has 2 rings (SSSR count). The third-order valence-electron chi connectivity index (χ3n) is 2.88. The van der Waals surface area contributed by atoms with Crippen molar-refractivity contribution >= 4 is 5.91 Å². The lowest BCUT2D eigenvalue weighted by Crippen LogP contribution is -2.47. The fourth-order valence-electron chi connectivity index (χ4n) is 2.46. The molecule has 3 atom stereocenters. The molecule has 1 amide bonds. The molecule has 68 valence electrons. The Morgan fingerprint density at radius 1 is 1.33 bits per heavy atom. The maximum absolute atomic E-state index is 10.8. The van der Waals surface area contributed by atoms with Gasteiger partial charge in [-0.2, -0.15) is 0 Å². The van der Waals surface area contributed by atoms with Crippen molar-refractivity contribution in [3.63, 3.8) is 0 Å². The van der Waals surface area contributed by atoms with E-state index < -0.39 is 0 Å². The zero-order valence-corrected chi connectivity index (χ0v) is 7.47. The van der Waals surface area contributed by atoms with Gasteiger partial charge in [0.2, 0.25) is 5.91 Å². The minimum Gasteiger partial charge on any atom is -0.353 e. The van der Waals surface area contributed by atoms with E-state index in [1.54, 1.807) is 6.92 Å². The van der Waals surface area contributed by atoms with E-state index in [0.717, 1.165) is 12.8 Å². The molecular formula is C9H16N2O. The van der Waals surface area contributed by atoms with Gasteiger partial charge in [-0.05, 0) is 25.7 Å². The number of hydrogen-bond acceptors (Lipinski definition) is 2. The average molecular weight is 168 g/mol. The van der Waals surface area contributed by atoms with Gasteiger partial charge in [0.25, 0.3) is 0 Å². The second-order valence-corrected chi connectivity index (χ2v) is 4.01. The van der Waals surface area contributed by atoms with Crippen LogP contribution in [0, 0.1) is 0 Å². The Balaban J connectivity index is 1.89. The standard InChI is InChI=1S/C9H16N2O/c1-6(12)10-9-4-7-2-3-8(5-9)11-7/h7-9,11H,2-5H2,1H3,(H,10,12)/t7-,8+,9?. The molecule has 0 aromatic carbocycles. The highest BCUT2D eigenvalue weighted by Crippen LogP contribution is 2.26. The van der Waals surface area contributed by atoms with Crippen molar-refractivity contribution in [2.45, 2.75) is 50.7 Å². The molecule has 12 heavy (non-hydrogen) atoms. The Morgan fingerprint density at radius 2 is 1.92 bits per heavy atom. The molecular weight excluding hydrogens is 152 g/mol. The van der Waals surface area contributed by atoms with Gasteiger partial charge in [0.1, 0.15) is 0 Å². The maximum atomic E-state index is 10.8.